The standard InChI is InChI=1S/C10H15N3O6S/c1-10(2,3)20(18,19)5-4-12-6-7(13(16)17)8(14)11-9(12)15/h6H,4-5H2,1-3H3,(H,11,14,15). The highest BCUT2D eigenvalue weighted by Crippen LogP contribution is 2.16. The van der Waals surface area contributed by atoms with Crippen molar-refractivity contribution >= 4 is 15.5 Å². The molecular weight excluding hydrogens is 290 g/mol. The Kier molecular flexibility index (Phi) is 4.18. The Hall–Kier alpha value is -1.97. The van der Waals surface area contributed by atoms with E-state index in [1.807, 2.05) is 0 Å². The predicted octanol–water partition coefficient (Wildman–Crippen LogP) is -0.342. The van der Waals surface area contributed by atoms with Crippen molar-refractivity contribution in [3.8, 4) is 0 Å². The van der Waals surface area contributed by atoms with Crippen LogP contribution in [0.5, 0.6) is 0 Å². The molecule has 0 saturated carbocycles. The van der Waals surface area contributed by atoms with E-state index in [0.29, 0.717) is 0 Å². The van der Waals surface area contributed by atoms with Crippen LogP contribution in [0.15, 0.2) is 15.8 Å². The van der Waals surface area contributed by atoms with Crippen LogP contribution in [-0.4, -0.2) is 33.4 Å². The molecule has 1 aromatic rings. The summed E-state index contributed by atoms with van der Waals surface area (Å²) in [6.07, 6.45) is 0.749. The number of hydrogen-bond acceptors (Lipinski definition) is 6. The molecule has 1 N–H and O–H groups in total. The number of nitrogens with zero attached hydrogens (tertiary/aromatic N) is 2. The summed E-state index contributed by atoms with van der Waals surface area (Å²) in [7, 11) is -3.48. The van der Waals surface area contributed by atoms with Crippen LogP contribution in [0.25, 0.3) is 0 Å². The van der Waals surface area contributed by atoms with Gasteiger partial charge in [-0.05, 0) is 20.8 Å². The minimum atomic E-state index is -3.48. The minimum Gasteiger partial charge on any atom is -0.293 e. The third kappa shape index (κ3) is 3.32. The zero-order valence-corrected chi connectivity index (χ0v) is 12.1. The van der Waals surface area contributed by atoms with E-state index in [9.17, 15) is 28.1 Å². The Morgan fingerprint density at radius 1 is 1.35 bits per heavy atom. The predicted molar refractivity (Wildman–Crippen MR) is 71.5 cm³/mol. The van der Waals surface area contributed by atoms with Crippen LogP contribution in [-0.2, 0) is 16.4 Å². The van der Waals surface area contributed by atoms with Crippen LogP contribution in [0.1, 0.15) is 20.8 Å². The van der Waals surface area contributed by atoms with Crippen molar-refractivity contribution in [1.82, 2.24) is 9.55 Å². The van der Waals surface area contributed by atoms with Gasteiger partial charge >= 0.3 is 16.9 Å². The highest BCUT2D eigenvalue weighted by molar-refractivity contribution is 7.92. The molecule has 20 heavy (non-hydrogen) atoms. The molecule has 112 valence electrons. The molecule has 0 bridgehead atoms. The highest BCUT2D eigenvalue weighted by atomic mass is 32.2. The minimum absolute atomic E-state index is 0.268. The zero-order valence-electron chi connectivity index (χ0n) is 11.2. The van der Waals surface area contributed by atoms with Gasteiger partial charge in [0.1, 0.15) is 0 Å². The molecule has 0 aliphatic rings. The van der Waals surface area contributed by atoms with Crippen LogP contribution in [0, 0.1) is 10.1 Å². The van der Waals surface area contributed by atoms with Gasteiger partial charge in [0, 0.05) is 6.54 Å². The third-order valence-corrected chi connectivity index (χ3v) is 5.31. The fraction of sp³-hybridized carbons (Fsp3) is 0.600. The second kappa shape index (κ2) is 5.19. The van der Waals surface area contributed by atoms with E-state index in [1.165, 1.54) is 20.8 Å². The Balaban J connectivity index is 3.13. The van der Waals surface area contributed by atoms with Crippen molar-refractivity contribution in [2.45, 2.75) is 32.1 Å². The summed E-state index contributed by atoms with van der Waals surface area (Å²) in [5, 5.41) is 10.6. The molecule has 1 rings (SSSR count). The SMILES string of the molecule is CC(C)(C)S(=O)(=O)CCn1cc([N+](=O)[O-])c(=O)[nH]c1=O. The first-order valence-corrected chi connectivity index (χ1v) is 7.31. The van der Waals surface area contributed by atoms with Crippen molar-refractivity contribution in [3.63, 3.8) is 0 Å². The first-order valence-electron chi connectivity index (χ1n) is 5.66. The monoisotopic (exact) mass is 305 g/mol. The van der Waals surface area contributed by atoms with Crippen LogP contribution >= 0.6 is 0 Å². The van der Waals surface area contributed by atoms with Gasteiger partial charge in [-0.3, -0.25) is 24.5 Å². The summed E-state index contributed by atoms with van der Waals surface area (Å²) in [5.41, 5.74) is -2.81. The number of aryl methyl sites for hydroxylation is 1. The molecule has 1 heterocycles. The Labute approximate surface area is 114 Å². The maximum absolute atomic E-state index is 11.9. The van der Waals surface area contributed by atoms with Gasteiger partial charge in [-0.15, -0.1) is 0 Å². The second-order valence-electron chi connectivity index (χ2n) is 5.16. The summed E-state index contributed by atoms with van der Waals surface area (Å²) in [4.78, 5) is 34.1. The maximum atomic E-state index is 11.9. The summed E-state index contributed by atoms with van der Waals surface area (Å²) < 4.78 is 23.6. The molecule has 0 radical (unpaired) electrons. The maximum Gasteiger partial charge on any atom is 0.350 e. The first-order chi connectivity index (χ1) is 8.95. The van der Waals surface area contributed by atoms with Crippen molar-refractivity contribution in [2.75, 3.05) is 5.75 Å². The molecule has 0 spiro atoms. The molecule has 0 unspecified atom stereocenters. The lowest BCUT2D eigenvalue weighted by Gasteiger charge is -2.19. The summed E-state index contributed by atoms with van der Waals surface area (Å²) in [5.74, 6) is -0.362. The van der Waals surface area contributed by atoms with Gasteiger partial charge in [0.05, 0.1) is 21.6 Å². The smallest absolute Gasteiger partial charge is 0.293 e. The Morgan fingerprint density at radius 3 is 2.35 bits per heavy atom. The largest absolute Gasteiger partial charge is 0.350 e. The zero-order chi connectivity index (χ0) is 15.7. The molecular formula is C10H15N3O6S. The molecule has 1 aromatic heterocycles. The molecule has 0 saturated heterocycles. The topological polar surface area (TPSA) is 132 Å². The summed E-state index contributed by atoms with van der Waals surface area (Å²) >= 11 is 0. The first kappa shape index (κ1) is 16.1. The van der Waals surface area contributed by atoms with Crippen molar-refractivity contribution in [2.24, 2.45) is 0 Å². The number of aromatic nitrogens is 2. The number of sulfone groups is 1. The molecule has 0 fully saturated rings. The fourth-order valence-corrected chi connectivity index (χ4v) is 2.37. The average Bonchev–Trinajstić information content (AvgIpc) is 2.25. The van der Waals surface area contributed by atoms with Crippen LogP contribution in [0.3, 0.4) is 0 Å². The van der Waals surface area contributed by atoms with Gasteiger partial charge in [-0.25, -0.2) is 13.2 Å². The molecule has 0 aliphatic carbocycles. The molecule has 9 nitrogen and oxygen atoms in total. The van der Waals surface area contributed by atoms with E-state index in [4.69, 9.17) is 0 Å². The van der Waals surface area contributed by atoms with E-state index in [2.05, 4.69) is 0 Å². The Morgan fingerprint density at radius 2 is 1.90 bits per heavy atom. The third-order valence-electron chi connectivity index (χ3n) is 2.72. The van der Waals surface area contributed by atoms with Gasteiger partial charge in [0.15, 0.2) is 9.84 Å². The lowest BCUT2D eigenvalue weighted by Crippen LogP contribution is -2.36. The highest BCUT2D eigenvalue weighted by Gasteiger charge is 2.28. The average molecular weight is 305 g/mol. The number of nitrogens with one attached hydrogen (secondary N) is 1. The molecule has 0 atom stereocenters. The molecule has 0 aliphatic heterocycles. The number of nitro groups is 1. The number of hydrogen-bond donors (Lipinski definition) is 1. The van der Waals surface area contributed by atoms with E-state index < -0.39 is 36.4 Å². The van der Waals surface area contributed by atoms with Crippen LogP contribution in [0.4, 0.5) is 5.69 Å². The summed E-state index contributed by atoms with van der Waals surface area (Å²) in [6, 6.07) is 0. The number of H-pyrrole nitrogens is 1. The van der Waals surface area contributed by atoms with Crippen molar-refractivity contribution in [3.05, 3.63) is 37.1 Å². The van der Waals surface area contributed by atoms with Gasteiger partial charge in [-0.1, -0.05) is 0 Å². The molecule has 0 aromatic carbocycles. The van der Waals surface area contributed by atoms with Crippen molar-refractivity contribution < 1.29 is 13.3 Å². The van der Waals surface area contributed by atoms with Gasteiger partial charge in [-0.2, -0.15) is 0 Å². The van der Waals surface area contributed by atoms with E-state index in [0.717, 1.165) is 10.8 Å². The van der Waals surface area contributed by atoms with E-state index >= 15 is 0 Å². The van der Waals surface area contributed by atoms with Gasteiger partial charge < -0.3 is 0 Å². The summed E-state index contributed by atoms with van der Waals surface area (Å²) in [6.45, 7) is 4.28. The molecule has 0 amide bonds. The van der Waals surface area contributed by atoms with Crippen LogP contribution in [0.2, 0.25) is 0 Å². The fourth-order valence-electron chi connectivity index (χ4n) is 1.32. The van der Waals surface area contributed by atoms with Gasteiger partial charge in [0.2, 0.25) is 0 Å². The van der Waals surface area contributed by atoms with Crippen molar-refractivity contribution in [1.29, 1.82) is 0 Å². The van der Waals surface area contributed by atoms with E-state index in [-0.39, 0.29) is 12.3 Å². The quantitative estimate of drug-likeness (QED) is 0.597. The number of rotatable bonds is 4. The second-order valence-corrected chi connectivity index (χ2v) is 8.02. The van der Waals surface area contributed by atoms with Gasteiger partial charge in [0.25, 0.3) is 0 Å². The van der Waals surface area contributed by atoms with E-state index in [1.54, 1.807) is 4.98 Å². The Bertz CT molecular complexity index is 737. The normalized spacial score (nSPS) is 12.3. The lowest BCUT2D eigenvalue weighted by atomic mass is 10.3. The molecule has 10 heteroatoms. The van der Waals surface area contributed by atoms with Crippen LogP contribution < -0.4 is 11.2 Å². The number of aromatic amines is 1. The lowest BCUT2D eigenvalue weighted by molar-refractivity contribution is -0.386.